The fourth-order valence-corrected chi connectivity index (χ4v) is 2.67. The molecule has 0 aromatic carbocycles. The molecule has 1 N–H and O–H groups in total. The summed E-state index contributed by atoms with van der Waals surface area (Å²) in [5, 5.41) is 8.59. The van der Waals surface area contributed by atoms with Crippen molar-refractivity contribution in [1.29, 1.82) is 5.26 Å². The molecule has 0 bridgehead atoms. The van der Waals surface area contributed by atoms with Crippen LogP contribution in [0.3, 0.4) is 0 Å². The predicted octanol–water partition coefficient (Wildman–Crippen LogP) is -0.446. The van der Waals surface area contributed by atoms with Crippen LogP contribution >= 0.6 is 0 Å². The molecule has 2 rings (SSSR count). The highest BCUT2D eigenvalue weighted by Crippen LogP contribution is 2.22. The monoisotopic (exact) mass is 212 g/mol. The van der Waals surface area contributed by atoms with Crippen molar-refractivity contribution in [1.82, 2.24) is 14.3 Å². The summed E-state index contributed by atoms with van der Waals surface area (Å²) in [6, 6.07) is 2.02. The molecule has 0 atom stereocenters. The summed E-state index contributed by atoms with van der Waals surface area (Å²) in [5.74, 6) is -0.173. The summed E-state index contributed by atoms with van der Waals surface area (Å²) in [5.41, 5.74) is 0. The number of H-pyrrole nitrogens is 1. The Kier molecular flexibility index (Phi) is 2.02. The first kappa shape index (κ1) is 9.18. The molecule has 2 heterocycles. The summed E-state index contributed by atoms with van der Waals surface area (Å²) in [6.07, 6.45) is 2.57. The molecule has 1 saturated heterocycles. The maximum absolute atomic E-state index is 11.7. The quantitative estimate of drug-likeness (QED) is 0.719. The zero-order valence-corrected chi connectivity index (χ0v) is 8.03. The van der Waals surface area contributed by atoms with Gasteiger partial charge in [-0.25, -0.2) is 13.4 Å². The maximum atomic E-state index is 11.7. The Morgan fingerprint density at radius 2 is 2.36 bits per heavy atom. The summed E-state index contributed by atoms with van der Waals surface area (Å²) in [4.78, 5) is 6.18. The molecule has 0 unspecified atom stereocenters. The van der Waals surface area contributed by atoms with E-state index in [-0.39, 0.29) is 24.0 Å². The van der Waals surface area contributed by atoms with Crippen molar-refractivity contribution in [2.24, 2.45) is 5.92 Å². The number of nitriles is 1. The summed E-state index contributed by atoms with van der Waals surface area (Å²) < 4.78 is 24.6. The van der Waals surface area contributed by atoms with Crippen molar-refractivity contribution in [2.45, 2.75) is 5.03 Å². The van der Waals surface area contributed by atoms with Crippen molar-refractivity contribution in [3.05, 3.63) is 12.5 Å². The number of nitrogens with one attached hydrogen (secondary N) is 1. The highest BCUT2D eigenvalue weighted by molar-refractivity contribution is 7.89. The Balaban J connectivity index is 2.17. The highest BCUT2D eigenvalue weighted by Gasteiger charge is 2.37. The van der Waals surface area contributed by atoms with Crippen LogP contribution in [-0.2, 0) is 10.0 Å². The van der Waals surface area contributed by atoms with E-state index in [0.29, 0.717) is 0 Å². The van der Waals surface area contributed by atoms with Crippen LogP contribution in [0, 0.1) is 17.2 Å². The van der Waals surface area contributed by atoms with Crippen LogP contribution in [0.4, 0.5) is 0 Å². The van der Waals surface area contributed by atoms with E-state index in [4.69, 9.17) is 5.26 Å². The zero-order valence-electron chi connectivity index (χ0n) is 7.21. The van der Waals surface area contributed by atoms with Gasteiger partial charge in [-0.2, -0.15) is 9.57 Å². The van der Waals surface area contributed by atoms with Crippen molar-refractivity contribution < 1.29 is 8.42 Å². The van der Waals surface area contributed by atoms with E-state index in [1.54, 1.807) is 0 Å². The lowest BCUT2D eigenvalue weighted by Gasteiger charge is -2.33. The molecule has 0 amide bonds. The molecule has 1 aliphatic rings. The van der Waals surface area contributed by atoms with E-state index in [9.17, 15) is 8.42 Å². The van der Waals surface area contributed by atoms with Gasteiger partial charge in [-0.3, -0.25) is 0 Å². The Bertz CT molecular complexity index is 452. The summed E-state index contributed by atoms with van der Waals surface area (Å²) in [7, 11) is -3.44. The maximum Gasteiger partial charge on any atom is 0.260 e. The first-order valence-electron chi connectivity index (χ1n) is 4.03. The van der Waals surface area contributed by atoms with Gasteiger partial charge in [0.2, 0.25) is 0 Å². The zero-order chi connectivity index (χ0) is 10.2. The number of aromatic nitrogens is 2. The van der Waals surface area contributed by atoms with Crippen molar-refractivity contribution >= 4 is 10.0 Å². The molecule has 6 nitrogen and oxygen atoms in total. The Hall–Kier alpha value is -1.39. The minimum atomic E-state index is -3.44. The van der Waals surface area contributed by atoms with Crippen LogP contribution in [0.1, 0.15) is 0 Å². The van der Waals surface area contributed by atoms with Crippen LogP contribution in [0.2, 0.25) is 0 Å². The molecule has 0 saturated carbocycles. The second-order valence-corrected chi connectivity index (χ2v) is 4.97. The van der Waals surface area contributed by atoms with Crippen LogP contribution in [0.15, 0.2) is 17.6 Å². The molecule has 1 aliphatic heterocycles. The van der Waals surface area contributed by atoms with E-state index in [0.717, 1.165) is 0 Å². The Morgan fingerprint density at radius 3 is 2.86 bits per heavy atom. The lowest BCUT2D eigenvalue weighted by atomic mass is 10.1. The van der Waals surface area contributed by atoms with Crippen molar-refractivity contribution in [3.63, 3.8) is 0 Å². The van der Waals surface area contributed by atoms with Gasteiger partial charge in [0, 0.05) is 13.1 Å². The first-order chi connectivity index (χ1) is 6.64. The Labute approximate surface area is 81.2 Å². The van der Waals surface area contributed by atoms with E-state index in [1.165, 1.54) is 16.8 Å². The fourth-order valence-electron chi connectivity index (χ4n) is 1.24. The fraction of sp³-hybridized carbons (Fsp3) is 0.429. The molecule has 14 heavy (non-hydrogen) atoms. The second kappa shape index (κ2) is 3.08. The third kappa shape index (κ3) is 1.29. The van der Waals surface area contributed by atoms with Gasteiger partial charge in [-0.15, -0.1) is 0 Å². The number of nitrogens with zero attached hydrogens (tertiary/aromatic N) is 3. The number of sulfonamides is 1. The van der Waals surface area contributed by atoms with Gasteiger partial charge in [0.25, 0.3) is 10.0 Å². The van der Waals surface area contributed by atoms with Crippen molar-refractivity contribution in [2.75, 3.05) is 13.1 Å². The number of imidazole rings is 1. The van der Waals surface area contributed by atoms with E-state index in [2.05, 4.69) is 9.97 Å². The molecule has 0 aliphatic carbocycles. The normalized spacial score (nSPS) is 18.8. The molecule has 1 aromatic rings. The van der Waals surface area contributed by atoms with Gasteiger partial charge in [0.1, 0.15) is 0 Å². The molecule has 1 fully saturated rings. The minimum absolute atomic E-state index is 0.0777. The number of hydrogen-bond acceptors (Lipinski definition) is 4. The third-order valence-corrected chi connectivity index (χ3v) is 3.88. The van der Waals surface area contributed by atoms with Gasteiger partial charge in [-0.1, -0.05) is 0 Å². The van der Waals surface area contributed by atoms with Gasteiger partial charge in [0.15, 0.2) is 5.03 Å². The van der Waals surface area contributed by atoms with Crippen LogP contribution in [-0.4, -0.2) is 35.8 Å². The van der Waals surface area contributed by atoms with Crippen LogP contribution < -0.4 is 0 Å². The number of hydrogen-bond donors (Lipinski definition) is 1. The second-order valence-electron chi connectivity index (χ2n) is 3.06. The SMILES string of the molecule is N#CC1CN(S(=O)(=O)c2cnc[nH]2)C1. The topological polar surface area (TPSA) is 89.8 Å². The van der Waals surface area contributed by atoms with E-state index < -0.39 is 10.0 Å². The van der Waals surface area contributed by atoms with Gasteiger partial charge in [-0.05, 0) is 0 Å². The number of aromatic amines is 1. The summed E-state index contributed by atoms with van der Waals surface area (Å²) >= 11 is 0. The molecule has 0 radical (unpaired) electrons. The van der Waals surface area contributed by atoms with E-state index >= 15 is 0 Å². The Morgan fingerprint density at radius 1 is 1.64 bits per heavy atom. The smallest absolute Gasteiger partial charge is 0.260 e. The average molecular weight is 212 g/mol. The lowest BCUT2D eigenvalue weighted by Crippen LogP contribution is -2.49. The van der Waals surface area contributed by atoms with Gasteiger partial charge >= 0.3 is 0 Å². The first-order valence-corrected chi connectivity index (χ1v) is 5.47. The minimum Gasteiger partial charge on any atom is -0.335 e. The molecule has 0 spiro atoms. The summed E-state index contributed by atoms with van der Waals surface area (Å²) in [6.45, 7) is 0.551. The van der Waals surface area contributed by atoms with E-state index in [1.807, 2.05) is 6.07 Å². The lowest BCUT2D eigenvalue weighted by molar-refractivity contribution is 0.248. The number of rotatable bonds is 2. The van der Waals surface area contributed by atoms with Gasteiger partial charge in [0.05, 0.1) is 24.5 Å². The van der Waals surface area contributed by atoms with Crippen LogP contribution in [0.5, 0.6) is 0 Å². The molecule has 74 valence electrons. The average Bonchev–Trinajstić information content (AvgIpc) is 2.53. The van der Waals surface area contributed by atoms with Crippen LogP contribution in [0.25, 0.3) is 0 Å². The van der Waals surface area contributed by atoms with Gasteiger partial charge < -0.3 is 4.98 Å². The predicted molar refractivity (Wildman–Crippen MR) is 46.4 cm³/mol. The molecular formula is C7H8N4O2S. The highest BCUT2D eigenvalue weighted by atomic mass is 32.2. The largest absolute Gasteiger partial charge is 0.335 e. The molecule has 7 heteroatoms. The van der Waals surface area contributed by atoms with Crippen molar-refractivity contribution in [3.8, 4) is 6.07 Å². The molecular weight excluding hydrogens is 204 g/mol. The molecule has 1 aromatic heterocycles. The standard InChI is InChI=1S/C7H8N4O2S/c8-1-6-3-11(4-6)14(12,13)7-2-9-5-10-7/h2,5-6H,3-4H2,(H,9,10). The third-order valence-electron chi connectivity index (χ3n) is 2.12.